The zero-order chi connectivity index (χ0) is 4.50. The third-order valence-electron chi connectivity index (χ3n) is 0. The third-order valence-corrected chi connectivity index (χ3v) is 0. The van der Waals surface area contributed by atoms with Crippen molar-refractivity contribution < 1.29 is 19.2 Å². The first-order valence-electron chi connectivity index (χ1n) is 0.783. The van der Waals surface area contributed by atoms with Crippen LogP contribution in [-0.4, -0.2) is 122 Å². The molecule has 0 radical (unpaired) electrons. The summed E-state index contributed by atoms with van der Waals surface area (Å²) in [6, 6.07) is 0. The van der Waals surface area contributed by atoms with Crippen molar-refractivity contribution in [3.63, 3.8) is 0 Å². The average Bonchev–Trinajstić information content (AvgIpc) is 0.722. The normalized spacial score (nSPS) is 6.56. The Balaban J connectivity index is -0.0000000133. The zero-order valence-electron chi connectivity index (χ0n) is 2.20. The van der Waals surface area contributed by atoms with Crippen LogP contribution in [0.4, 0.5) is 0 Å². The summed E-state index contributed by atoms with van der Waals surface area (Å²) in [5.74, 6) is 0. The van der Waals surface area contributed by atoms with Crippen molar-refractivity contribution in [2.75, 3.05) is 0 Å². The molecule has 0 heterocycles. The summed E-state index contributed by atoms with van der Waals surface area (Å²) < 4.78 is 8.88. The molecule has 0 fully saturated rings. The van der Waals surface area contributed by atoms with Gasteiger partial charge in [-0.25, -0.2) is 4.57 Å². The van der Waals surface area contributed by atoms with E-state index in [1.807, 2.05) is 0 Å². The van der Waals surface area contributed by atoms with Crippen molar-refractivity contribution >= 4 is 115 Å². The minimum atomic E-state index is -4.64. The van der Waals surface area contributed by atoms with E-state index in [9.17, 15) is 0 Å². The van der Waals surface area contributed by atoms with Crippen LogP contribution < -0.4 is 0 Å². The Morgan fingerprint density at radius 1 is 0.889 bits per heavy atom. The second-order valence-corrected chi connectivity index (χ2v) is 1.54. The van der Waals surface area contributed by atoms with Crippen molar-refractivity contribution in [3.05, 3.63) is 0 Å². The Hall–Kier alpha value is 3.71. The van der Waals surface area contributed by atoms with Crippen LogP contribution in [0.15, 0.2) is 0 Å². The van der Waals surface area contributed by atoms with Gasteiger partial charge < -0.3 is 14.7 Å². The van der Waals surface area contributed by atoms with Gasteiger partial charge in [-0.05, 0) is 0 Å². The average molecular weight is 178 g/mol. The van der Waals surface area contributed by atoms with Crippen molar-refractivity contribution in [2.24, 2.45) is 0 Å². The molecule has 0 amide bonds. The Labute approximate surface area is 132 Å². The second kappa shape index (κ2) is 14.2. The molecule has 0 rings (SSSR count). The Bertz CT molecular complexity index is 61.9. The monoisotopic (exact) mass is 178 g/mol. The van der Waals surface area contributed by atoms with E-state index in [0.29, 0.717) is 0 Å². The molecule has 0 aromatic rings. The van der Waals surface area contributed by atoms with Gasteiger partial charge >= 0.3 is 115 Å². The summed E-state index contributed by atoms with van der Waals surface area (Å²) >= 11 is 0. The topological polar surface area (TPSA) is 77.8 Å². The molecule has 0 saturated carbocycles. The van der Waals surface area contributed by atoms with E-state index in [-0.39, 0.29) is 108 Å². The van der Waals surface area contributed by atoms with Crippen LogP contribution in [-0.2, 0) is 4.57 Å². The van der Waals surface area contributed by atoms with Crippen molar-refractivity contribution in [1.29, 1.82) is 0 Å². The fourth-order valence-corrected chi connectivity index (χ4v) is 0. The third kappa shape index (κ3) is 80.3. The quantitative estimate of drug-likeness (QED) is 0.265. The molecule has 0 unspecified atom stereocenters. The summed E-state index contributed by atoms with van der Waals surface area (Å²) in [6.45, 7) is 0. The van der Waals surface area contributed by atoms with Gasteiger partial charge in [0, 0.05) is 0 Å². The fraction of sp³-hybridized carbons (Fsp3) is 0. The zero-order valence-corrected chi connectivity index (χ0v) is 3.09. The van der Waals surface area contributed by atoms with Crippen LogP contribution in [0, 0.1) is 0 Å². The number of phosphoric acid groups is 1. The molecule has 0 aliphatic heterocycles. The van der Waals surface area contributed by atoms with Gasteiger partial charge in [0.1, 0.15) is 0 Å². The molecule has 0 aromatic heterocycles. The van der Waals surface area contributed by atoms with Crippen molar-refractivity contribution in [3.8, 4) is 0 Å². The first-order valence-corrected chi connectivity index (χ1v) is 2.35. The van der Waals surface area contributed by atoms with Gasteiger partial charge in [-0.3, -0.25) is 0 Å². The van der Waals surface area contributed by atoms with Gasteiger partial charge in [-0.15, -0.1) is 0 Å². The van der Waals surface area contributed by atoms with Gasteiger partial charge in [-0.1, -0.05) is 0 Å². The molecule has 4 nitrogen and oxygen atoms in total. The molecule has 0 aromatic carbocycles. The summed E-state index contributed by atoms with van der Waals surface area (Å²) in [7, 11) is -4.64. The van der Waals surface area contributed by atoms with Gasteiger partial charge in [0.25, 0.3) is 0 Å². The van der Waals surface area contributed by atoms with Crippen LogP contribution in [0.3, 0.4) is 0 Å². The number of hydrogen-bond donors (Lipinski definition) is 3. The molecular formula is H7LiNa3O4P. The van der Waals surface area contributed by atoms with Crippen LogP contribution in [0.2, 0.25) is 0 Å². The first kappa shape index (κ1) is 29.3. The predicted octanol–water partition coefficient (Wildman–Crippen LogP) is -3.52. The van der Waals surface area contributed by atoms with Crippen LogP contribution >= 0.6 is 7.82 Å². The minimum absolute atomic E-state index is 0. The Kier molecular flexibility index (Phi) is 46.4. The molecule has 0 aliphatic carbocycles. The first-order chi connectivity index (χ1) is 2.00. The van der Waals surface area contributed by atoms with Crippen LogP contribution in [0.5, 0.6) is 0 Å². The Morgan fingerprint density at radius 3 is 0.889 bits per heavy atom. The van der Waals surface area contributed by atoms with Gasteiger partial charge in [-0.2, -0.15) is 0 Å². The second-order valence-electron chi connectivity index (χ2n) is 0.513. The molecule has 3 N–H and O–H groups in total. The van der Waals surface area contributed by atoms with Gasteiger partial charge in [0.05, 0.1) is 0 Å². The van der Waals surface area contributed by atoms with Gasteiger partial charge in [0.2, 0.25) is 0 Å². The molecular weight excluding hydrogens is 171 g/mol. The molecule has 0 spiro atoms. The molecule has 9 heteroatoms. The summed E-state index contributed by atoms with van der Waals surface area (Å²) in [5, 5.41) is 0. The Morgan fingerprint density at radius 2 is 0.889 bits per heavy atom. The molecule has 0 aliphatic rings. The molecule has 0 atom stereocenters. The van der Waals surface area contributed by atoms with Crippen LogP contribution in [0.1, 0.15) is 0 Å². The summed E-state index contributed by atoms with van der Waals surface area (Å²) in [5.41, 5.74) is 0. The van der Waals surface area contributed by atoms with E-state index < -0.39 is 7.82 Å². The number of hydrogen-bond acceptors (Lipinski definition) is 1. The number of rotatable bonds is 0. The van der Waals surface area contributed by atoms with E-state index >= 15 is 0 Å². The maximum atomic E-state index is 8.88. The van der Waals surface area contributed by atoms with Crippen molar-refractivity contribution in [2.45, 2.75) is 0 Å². The van der Waals surface area contributed by atoms with E-state index in [0.717, 1.165) is 0 Å². The standard InChI is InChI=1S/Li.3Na.H3O4P.4H/c;;;;1-5(2,3)4;;;;/h;;;;(H3,1,2,3,4);;;;. The van der Waals surface area contributed by atoms with Crippen molar-refractivity contribution in [1.82, 2.24) is 0 Å². The van der Waals surface area contributed by atoms with E-state index in [1.165, 1.54) is 0 Å². The van der Waals surface area contributed by atoms with E-state index in [1.54, 1.807) is 0 Å². The molecule has 40 valence electrons. The SMILES string of the molecule is O=P(O)(O)O.[LiH].[NaH].[NaH].[NaH]. The fourth-order valence-electron chi connectivity index (χ4n) is 0. The summed E-state index contributed by atoms with van der Waals surface area (Å²) in [6.07, 6.45) is 0. The van der Waals surface area contributed by atoms with E-state index in [4.69, 9.17) is 19.2 Å². The van der Waals surface area contributed by atoms with E-state index in [2.05, 4.69) is 0 Å². The van der Waals surface area contributed by atoms with Gasteiger partial charge in [0.15, 0.2) is 0 Å². The molecule has 0 saturated heterocycles. The molecule has 9 heavy (non-hydrogen) atoms. The molecule has 0 bridgehead atoms. The predicted molar refractivity (Wildman–Crippen MR) is 42.9 cm³/mol. The summed E-state index contributed by atoms with van der Waals surface area (Å²) in [4.78, 5) is 21.6. The van der Waals surface area contributed by atoms with Crippen LogP contribution in [0.25, 0.3) is 0 Å². The maximum absolute atomic E-state index is 8.88.